The van der Waals surface area contributed by atoms with Crippen LogP contribution in [0.4, 0.5) is 0 Å². The van der Waals surface area contributed by atoms with Crippen molar-refractivity contribution in [2.75, 3.05) is 0 Å². The van der Waals surface area contributed by atoms with Crippen LogP contribution in [-0.4, -0.2) is 17.4 Å². The molecule has 0 N–H and O–H groups in total. The third-order valence-corrected chi connectivity index (χ3v) is 3.04. The van der Waals surface area contributed by atoms with Crippen LogP contribution in [0.15, 0.2) is 21.1 Å². The predicted octanol–water partition coefficient (Wildman–Crippen LogP) is 2.34. The first-order chi connectivity index (χ1) is 7.40. The number of allylic oxidation sites excluding steroid dienone is 2. The summed E-state index contributed by atoms with van der Waals surface area (Å²) in [5.41, 5.74) is -1.17. The molecular weight excluding hydrogens is 342 g/mol. The molecule has 84 valence electrons. The number of ketones is 1. The zero-order valence-corrected chi connectivity index (χ0v) is 11.5. The van der Waals surface area contributed by atoms with Crippen molar-refractivity contribution in [1.29, 1.82) is 5.26 Å². The van der Waals surface area contributed by atoms with Gasteiger partial charge in [-0.15, -0.1) is 0 Å². The summed E-state index contributed by atoms with van der Waals surface area (Å²) in [6, 6.07) is 1.92. The number of rotatable bonds is 2. The summed E-state index contributed by atoms with van der Waals surface area (Å²) < 4.78 is 5.61. The SMILES string of the molecule is CC(=O)OC1(CC#N)C=C(Br)C(=O)C(Br)=C1. The van der Waals surface area contributed by atoms with E-state index >= 15 is 0 Å². The highest BCUT2D eigenvalue weighted by Gasteiger charge is 2.35. The first-order valence-corrected chi connectivity index (χ1v) is 5.87. The second kappa shape index (κ2) is 4.93. The molecule has 0 spiro atoms. The van der Waals surface area contributed by atoms with Crippen molar-refractivity contribution in [3.63, 3.8) is 0 Å². The minimum absolute atomic E-state index is 0.0515. The Labute approximate surface area is 109 Å². The van der Waals surface area contributed by atoms with Gasteiger partial charge in [0.1, 0.15) is 0 Å². The third kappa shape index (κ3) is 2.80. The number of hydrogen-bond donors (Lipinski definition) is 0. The van der Waals surface area contributed by atoms with E-state index in [1.807, 2.05) is 6.07 Å². The molecule has 0 bridgehead atoms. The van der Waals surface area contributed by atoms with E-state index in [0.29, 0.717) is 0 Å². The number of halogens is 2. The zero-order valence-electron chi connectivity index (χ0n) is 8.29. The van der Waals surface area contributed by atoms with Crippen LogP contribution in [0.25, 0.3) is 0 Å². The van der Waals surface area contributed by atoms with Crippen LogP contribution in [0.1, 0.15) is 13.3 Å². The van der Waals surface area contributed by atoms with Gasteiger partial charge in [-0.3, -0.25) is 9.59 Å². The first kappa shape index (κ1) is 13.1. The van der Waals surface area contributed by atoms with Crippen molar-refractivity contribution >= 4 is 43.6 Å². The Bertz CT molecular complexity index is 423. The van der Waals surface area contributed by atoms with Gasteiger partial charge in [0.05, 0.1) is 21.5 Å². The lowest BCUT2D eigenvalue weighted by Crippen LogP contribution is -2.33. The van der Waals surface area contributed by atoms with Gasteiger partial charge in [0.2, 0.25) is 5.78 Å². The Balaban J connectivity index is 3.17. The highest BCUT2D eigenvalue weighted by atomic mass is 79.9. The molecule has 0 fully saturated rings. The molecular formula is C10H7Br2NO3. The monoisotopic (exact) mass is 347 g/mol. The molecule has 0 aromatic carbocycles. The summed E-state index contributed by atoms with van der Waals surface area (Å²) in [4.78, 5) is 22.4. The van der Waals surface area contributed by atoms with Crippen LogP contribution >= 0.6 is 31.9 Å². The quantitative estimate of drug-likeness (QED) is 0.718. The van der Waals surface area contributed by atoms with E-state index in [1.54, 1.807) is 0 Å². The van der Waals surface area contributed by atoms with E-state index < -0.39 is 11.6 Å². The van der Waals surface area contributed by atoms with E-state index in [-0.39, 0.29) is 21.2 Å². The van der Waals surface area contributed by atoms with Gasteiger partial charge in [0, 0.05) is 6.92 Å². The smallest absolute Gasteiger partial charge is 0.303 e. The lowest BCUT2D eigenvalue weighted by molar-refractivity contribution is -0.148. The topological polar surface area (TPSA) is 67.2 Å². The predicted molar refractivity (Wildman–Crippen MR) is 63.8 cm³/mol. The molecule has 0 heterocycles. The number of Topliss-reactive ketones (excluding diaryl/α,β-unsaturated/α-hetero) is 1. The number of carbonyl (C=O) groups is 2. The van der Waals surface area contributed by atoms with Gasteiger partial charge in [-0.25, -0.2) is 0 Å². The average molecular weight is 349 g/mol. The molecule has 0 unspecified atom stereocenters. The fraction of sp³-hybridized carbons (Fsp3) is 0.300. The van der Waals surface area contributed by atoms with Gasteiger partial charge < -0.3 is 4.74 Å². The number of esters is 1. The standard InChI is InChI=1S/C10H7Br2NO3/c1-6(14)16-10(2-3-13)4-7(11)9(15)8(12)5-10/h4-5H,2H2,1H3. The first-order valence-electron chi connectivity index (χ1n) is 4.28. The van der Waals surface area contributed by atoms with Crippen LogP contribution in [-0.2, 0) is 14.3 Å². The molecule has 1 rings (SSSR count). The normalized spacial score (nSPS) is 18.2. The van der Waals surface area contributed by atoms with Crippen molar-refractivity contribution < 1.29 is 14.3 Å². The van der Waals surface area contributed by atoms with Gasteiger partial charge in [0.25, 0.3) is 0 Å². The highest BCUT2D eigenvalue weighted by Crippen LogP contribution is 2.33. The molecule has 0 aromatic heterocycles. The summed E-state index contributed by atoms with van der Waals surface area (Å²) >= 11 is 6.14. The number of nitriles is 1. The van der Waals surface area contributed by atoms with E-state index in [9.17, 15) is 9.59 Å². The molecule has 16 heavy (non-hydrogen) atoms. The van der Waals surface area contributed by atoms with Crippen LogP contribution in [0.5, 0.6) is 0 Å². The van der Waals surface area contributed by atoms with Crippen molar-refractivity contribution in [2.24, 2.45) is 0 Å². The van der Waals surface area contributed by atoms with Gasteiger partial charge in [-0.05, 0) is 44.0 Å². The third-order valence-electron chi connectivity index (χ3n) is 1.87. The molecule has 0 aromatic rings. The zero-order chi connectivity index (χ0) is 12.3. The fourth-order valence-electron chi connectivity index (χ4n) is 1.30. The minimum Gasteiger partial charge on any atom is -0.449 e. The largest absolute Gasteiger partial charge is 0.449 e. The number of carbonyl (C=O) groups excluding carboxylic acids is 2. The molecule has 1 aliphatic rings. The molecule has 0 atom stereocenters. The molecule has 6 heteroatoms. The van der Waals surface area contributed by atoms with Crippen LogP contribution in [0, 0.1) is 11.3 Å². The molecule has 4 nitrogen and oxygen atoms in total. The maximum Gasteiger partial charge on any atom is 0.303 e. The van der Waals surface area contributed by atoms with Crippen LogP contribution in [0.2, 0.25) is 0 Å². The molecule has 0 radical (unpaired) electrons. The lowest BCUT2D eigenvalue weighted by atomic mass is 9.94. The van der Waals surface area contributed by atoms with Crippen LogP contribution in [0.3, 0.4) is 0 Å². The summed E-state index contributed by atoms with van der Waals surface area (Å²) in [6.45, 7) is 1.25. The van der Waals surface area contributed by atoms with E-state index in [2.05, 4.69) is 31.9 Å². The lowest BCUT2D eigenvalue weighted by Gasteiger charge is -2.27. The number of hydrogen-bond acceptors (Lipinski definition) is 4. The Morgan fingerprint density at radius 3 is 2.38 bits per heavy atom. The second-order valence-corrected chi connectivity index (χ2v) is 4.91. The second-order valence-electron chi connectivity index (χ2n) is 3.20. The number of nitrogens with zero attached hydrogens (tertiary/aromatic N) is 1. The Kier molecular flexibility index (Phi) is 4.05. The molecule has 0 saturated heterocycles. The summed E-state index contributed by atoms with van der Waals surface area (Å²) in [5.74, 6) is -0.765. The van der Waals surface area contributed by atoms with Crippen molar-refractivity contribution in [1.82, 2.24) is 0 Å². The van der Waals surface area contributed by atoms with Gasteiger partial charge in [0.15, 0.2) is 5.60 Å². The van der Waals surface area contributed by atoms with E-state index in [1.165, 1.54) is 19.1 Å². The number of ether oxygens (including phenoxy) is 1. The Morgan fingerprint density at radius 2 is 2.00 bits per heavy atom. The van der Waals surface area contributed by atoms with Gasteiger partial charge >= 0.3 is 5.97 Å². The summed E-state index contributed by atoms with van der Waals surface area (Å²) in [5, 5.41) is 8.72. The van der Waals surface area contributed by atoms with Gasteiger partial charge in [-0.1, -0.05) is 0 Å². The van der Waals surface area contributed by atoms with Crippen LogP contribution < -0.4 is 0 Å². The van der Waals surface area contributed by atoms with Crippen molar-refractivity contribution in [3.05, 3.63) is 21.1 Å². The molecule has 1 aliphatic carbocycles. The van der Waals surface area contributed by atoms with Gasteiger partial charge in [-0.2, -0.15) is 5.26 Å². The summed E-state index contributed by atoms with van der Waals surface area (Å²) in [6.07, 6.45) is 2.79. The van der Waals surface area contributed by atoms with E-state index in [4.69, 9.17) is 10.00 Å². The van der Waals surface area contributed by atoms with E-state index in [0.717, 1.165) is 0 Å². The minimum atomic E-state index is -1.17. The molecule has 0 saturated carbocycles. The average Bonchev–Trinajstić information content (AvgIpc) is 2.13. The van der Waals surface area contributed by atoms with Crippen molar-refractivity contribution in [2.45, 2.75) is 18.9 Å². The fourth-order valence-corrected chi connectivity index (χ4v) is 2.77. The Morgan fingerprint density at radius 1 is 1.50 bits per heavy atom. The maximum absolute atomic E-state index is 11.4. The van der Waals surface area contributed by atoms with Crippen molar-refractivity contribution in [3.8, 4) is 6.07 Å². The maximum atomic E-state index is 11.4. The molecule has 0 aliphatic heterocycles. The Hall–Kier alpha value is -0.930. The highest BCUT2D eigenvalue weighted by molar-refractivity contribution is 9.13. The summed E-state index contributed by atoms with van der Waals surface area (Å²) in [7, 11) is 0. The molecule has 0 amide bonds.